The first kappa shape index (κ1) is 18.5. The maximum Gasteiger partial charge on any atom is 0.232 e. The van der Waals surface area contributed by atoms with Gasteiger partial charge in [-0.15, -0.1) is 11.3 Å². The van der Waals surface area contributed by atoms with Crippen molar-refractivity contribution in [2.24, 2.45) is 0 Å². The van der Waals surface area contributed by atoms with Gasteiger partial charge >= 0.3 is 0 Å². The monoisotopic (exact) mass is 399 g/mol. The third kappa shape index (κ3) is 3.35. The zero-order chi connectivity index (χ0) is 19.7. The number of nitrogens with zero attached hydrogens (tertiary/aromatic N) is 3. The highest BCUT2D eigenvalue weighted by Gasteiger charge is 2.37. The summed E-state index contributed by atoms with van der Waals surface area (Å²) in [6.45, 7) is 2.55. The third-order valence-electron chi connectivity index (χ3n) is 5.05. The molecule has 2 aromatic heterocycles. The lowest BCUT2D eigenvalue weighted by Gasteiger charge is -2.25. The summed E-state index contributed by atoms with van der Waals surface area (Å²) < 4.78 is 16.1. The summed E-state index contributed by atoms with van der Waals surface area (Å²) in [5, 5.41) is 6.03. The molecule has 0 radical (unpaired) electrons. The predicted octanol–water partition coefficient (Wildman–Crippen LogP) is 3.89. The molecule has 0 spiro atoms. The quantitative estimate of drug-likeness (QED) is 0.626. The fraction of sp³-hybridized carbons (Fsp3) is 0.350. The third-order valence-corrected chi connectivity index (χ3v) is 5.91. The first-order chi connectivity index (χ1) is 13.6. The van der Waals surface area contributed by atoms with Crippen molar-refractivity contribution in [3.63, 3.8) is 0 Å². The van der Waals surface area contributed by atoms with Crippen molar-refractivity contribution in [1.29, 1.82) is 0 Å². The number of carbonyl (C=O) groups excluding carboxylic acids is 1. The van der Waals surface area contributed by atoms with E-state index in [1.54, 1.807) is 25.6 Å². The van der Waals surface area contributed by atoms with Crippen molar-refractivity contribution in [2.45, 2.75) is 25.3 Å². The Balaban J connectivity index is 1.52. The van der Waals surface area contributed by atoms with Crippen LogP contribution in [-0.2, 0) is 4.79 Å². The van der Waals surface area contributed by atoms with Crippen molar-refractivity contribution in [3.8, 4) is 22.2 Å². The molecule has 4 rings (SSSR count). The minimum absolute atomic E-state index is 0.0724. The summed E-state index contributed by atoms with van der Waals surface area (Å²) in [5.41, 5.74) is 0.983. The molecule has 7 nitrogen and oxygen atoms in total. The Morgan fingerprint density at radius 1 is 1.25 bits per heavy atom. The second-order valence-electron chi connectivity index (χ2n) is 6.67. The molecule has 146 valence electrons. The van der Waals surface area contributed by atoms with Crippen LogP contribution in [0.5, 0.6) is 11.5 Å². The van der Waals surface area contributed by atoms with Crippen molar-refractivity contribution in [1.82, 2.24) is 15.0 Å². The van der Waals surface area contributed by atoms with E-state index >= 15 is 0 Å². The molecule has 2 atom stereocenters. The molecule has 1 aromatic carbocycles. The Bertz CT molecular complexity index is 970. The number of hydrogen-bond donors (Lipinski definition) is 0. The number of thiophene rings is 1. The van der Waals surface area contributed by atoms with E-state index in [0.717, 1.165) is 10.4 Å². The van der Waals surface area contributed by atoms with Crippen LogP contribution >= 0.6 is 11.3 Å². The molecule has 8 heteroatoms. The Kier molecular flexibility index (Phi) is 5.04. The summed E-state index contributed by atoms with van der Waals surface area (Å²) in [6.07, 6.45) is 0.365. The summed E-state index contributed by atoms with van der Waals surface area (Å²) in [6, 6.07) is 9.51. The second-order valence-corrected chi connectivity index (χ2v) is 7.62. The summed E-state index contributed by atoms with van der Waals surface area (Å²) >= 11 is 1.56. The van der Waals surface area contributed by atoms with E-state index in [1.165, 1.54) is 0 Å². The standard InChI is InChI=1S/C20H21N3O4S/c1-12(13-6-7-15(25-2)16(9-13)26-3)23-11-14(10-18(23)24)20-21-19(22-27-20)17-5-4-8-28-17/h4-9,12,14H,10-11H2,1-3H3. The first-order valence-electron chi connectivity index (χ1n) is 8.99. The largest absolute Gasteiger partial charge is 0.493 e. The van der Waals surface area contributed by atoms with Gasteiger partial charge in [-0.2, -0.15) is 4.98 Å². The molecular weight excluding hydrogens is 378 g/mol. The van der Waals surface area contributed by atoms with Crippen molar-refractivity contribution >= 4 is 17.2 Å². The molecule has 0 aliphatic carbocycles. The lowest BCUT2D eigenvalue weighted by atomic mass is 10.1. The van der Waals surface area contributed by atoms with Crippen LogP contribution in [0.4, 0.5) is 0 Å². The molecule has 0 saturated carbocycles. The van der Waals surface area contributed by atoms with Crippen LogP contribution < -0.4 is 9.47 Å². The van der Waals surface area contributed by atoms with E-state index in [-0.39, 0.29) is 17.9 Å². The van der Waals surface area contributed by atoms with E-state index in [9.17, 15) is 4.79 Å². The lowest BCUT2D eigenvalue weighted by Crippen LogP contribution is -2.28. The van der Waals surface area contributed by atoms with Gasteiger partial charge < -0.3 is 18.9 Å². The van der Waals surface area contributed by atoms with Crippen LogP contribution in [0.3, 0.4) is 0 Å². The smallest absolute Gasteiger partial charge is 0.232 e. The van der Waals surface area contributed by atoms with Gasteiger partial charge in [0.25, 0.3) is 0 Å². The maximum absolute atomic E-state index is 12.7. The van der Waals surface area contributed by atoms with Gasteiger partial charge in [-0.1, -0.05) is 17.3 Å². The Morgan fingerprint density at radius 2 is 2.07 bits per heavy atom. The second kappa shape index (κ2) is 7.63. The minimum Gasteiger partial charge on any atom is -0.493 e. The Labute approximate surface area is 166 Å². The van der Waals surface area contributed by atoms with Crippen LogP contribution in [0, 0.1) is 0 Å². The van der Waals surface area contributed by atoms with Crippen LogP contribution in [-0.4, -0.2) is 41.7 Å². The normalized spacial score (nSPS) is 17.8. The molecule has 0 N–H and O–H groups in total. The van der Waals surface area contributed by atoms with E-state index in [4.69, 9.17) is 14.0 Å². The van der Waals surface area contributed by atoms with Crippen molar-refractivity contribution in [3.05, 3.63) is 47.2 Å². The zero-order valence-corrected chi connectivity index (χ0v) is 16.7. The van der Waals surface area contributed by atoms with E-state index < -0.39 is 0 Å². The number of carbonyl (C=O) groups is 1. The highest BCUT2D eigenvalue weighted by atomic mass is 32.1. The van der Waals surface area contributed by atoms with Gasteiger partial charge in [0.15, 0.2) is 11.5 Å². The van der Waals surface area contributed by atoms with Crippen LogP contribution in [0.2, 0.25) is 0 Å². The molecular formula is C20H21N3O4S. The molecule has 1 aliphatic rings. The summed E-state index contributed by atoms with van der Waals surface area (Å²) in [7, 11) is 3.20. The van der Waals surface area contributed by atoms with Gasteiger partial charge in [0.1, 0.15) is 0 Å². The molecule has 28 heavy (non-hydrogen) atoms. The molecule has 3 heterocycles. The average molecular weight is 399 g/mol. The summed E-state index contributed by atoms with van der Waals surface area (Å²) in [4.78, 5) is 20.0. The number of likely N-dealkylation sites (tertiary alicyclic amines) is 1. The van der Waals surface area contributed by atoms with Crippen LogP contribution in [0.15, 0.2) is 40.2 Å². The van der Waals surface area contributed by atoms with Crippen molar-refractivity contribution < 1.29 is 18.8 Å². The van der Waals surface area contributed by atoms with Gasteiger partial charge in [0.2, 0.25) is 17.6 Å². The molecule has 3 aromatic rings. The summed E-state index contributed by atoms with van der Waals surface area (Å²) in [5.74, 6) is 2.37. The van der Waals surface area contributed by atoms with Gasteiger partial charge in [0.05, 0.1) is 31.1 Å². The highest BCUT2D eigenvalue weighted by molar-refractivity contribution is 7.13. The number of aromatic nitrogens is 2. The Hall–Kier alpha value is -2.87. The molecule has 1 saturated heterocycles. The predicted molar refractivity (Wildman–Crippen MR) is 105 cm³/mol. The molecule has 1 aliphatic heterocycles. The number of amides is 1. The van der Waals surface area contributed by atoms with E-state index in [1.807, 2.05) is 47.5 Å². The average Bonchev–Trinajstić information content (AvgIpc) is 3.46. The Morgan fingerprint density at radius 3 is 2.79 bits per heavy atom. The van der Waals surface area contributed by atoms with Gasteiger partial charge in [-0.25, -0.2) is 0 Å². The number of rotatable bonds is 6. The lowest BCUT2D eigenvalue weighted by molar-refractivity contribution is -0.129. The van der Waals surface area contributed by atoms with E-state index in [2.05, 4.69) is 10.1 Å². The van der Waals surface area contributed by atoms with Gasteiger partial charge in [-0.05, 0) is 36.1 Å². The SMILES string of the molecule is COc1ccc(C(C)N2CC(c3nc(-c4cccs4)no3)CC2=O)cc1OC. The highest BCUT2D eigenvalue weighted by Crippen LogP contribution is 2.37. The van der Waals surface area contributed by atoms with Gasteiger partial charge in [0, 0.05) is 13.0 Å². The number of ether oxygens (including phenoxy) is 2. The van der Waals surface area contributed by atoms with Crippen LogP contribution in [0.1, 0.15) is 36.8 Å². The molecule has 2 unspecified atom stereocenters. The fourth-order valence-corrected chi connectivity index (χ4v) is 4.12. The number of benzene rings is 1. The topological polar surface area (TPSA) is 77.7 Å². The maximum atomic E-state index is 12.7. The molecule has 0 bridgehead atoms. The zero-order valence-electron chi connectivity index (χ0n) is 15.9. The molecule has 1 amide bonds. The minimum atomic E-state index is -0.101. The van der Waals surface area contributed by atoms with E-state index in [0.29, 0.717) is 36.2 Å². The van der Waals surface area contributed by atoms with Gasteiger partial charge in [-0.3, -0.25) is 4.79 Å². The van der Waals surface area contributed by atoms with Crippen molar-refractivity contribution in [2.75, 3.05) is 20.8 Å². The fourth-order valence-electron chi connectivity index (χ4n) is 3.47. The van der Waals surface area contributed by atoms with Crippen LogP contribution in [0.25, 0.3) is 10.7 Å². The number of hydrogen-bond acceptors (Lipinski definition) is 7. The first-order valence-corrected chi connectivity index (χ1v) is 9.87. The molecule has 1 fully saturated rings. The number of methoxy groups -OCH3 is 2.